The third-order valence-corrected chi connectivity index (χ3v) is 4.29. The van der Waals surface area contributed by atoms with Crippen LogP contribution in [0.5, 0.6) is 0 Å². The molecular formula is C16H22BrN3. The molecule has 1 heterocycles. The van der Waals surface area contributed by atoms with Crippen molar-refractivity contribution >= 4 is 15.9 Å². The predicted molar refractivity (Wildman–Crippen MR) is 86.9 cm³/mol. The van der Waals surface area contributed by atoms with E-state index >= 15 is 0 Å². The minimum absolute atomic E-state index is 0.201. The molecule has 0 saturated carbocycles. The van der Waals surface area contributed by atoms with Crippen molar-refractivity contribution in [1.82, 2.24) is 15.1 Å². The van der Waals surface area contributed by atoms with Gasteiger partial charge in [0.2, 0.25) is 0 Å². The van der Waals surface area contributed by atoms with Crippen LogP contribution in [0, 0.1) is 6.92 Å². The zero-order chi connectivity index (χ0) is 14.5. The summed E-state index contributed by atoms with van der Waals surface area (Å²) in [6.07, 6.45) is 5.21. The molecule has 0 radical (unpaired) electrons. The molecule has 2 rings (SSSR count). The van der Waals surface area contributed by atoms with E-state index in [0.717, 1.165) is 24.0 Å². The van der Waals surface area contributed by atoms with E-state index in [1.165, 1.54) is 16.7 Å². The van der Waals surface area contributed by atoms with Gasteiger partial charge in [-0.15, -0.1) is 0 Å². The highest BCUT2D eigenvalue weighted by molar-refractivity contribution is 9.10. The zero-order valence-corrected chi connectivity index (χ0v) is 13.9. The second-order valence-corrected chi connectivity index (χ2v) is 5.88. The maximum absolute atomic E-state index is 4.39. The highest BCUT2D eigenvalue weighted by Gasteiger charge is 2.15. The first-order chi connectivity index (χ1) is 9.65. The van der Waals surface area contributed by atoms with Crippen molar-refractivity contribution < 1.29 is 0 Å². The number of nitrogens with one attached hydrogen (secondary N) is 1. The van der Waals surface area contributed by atoms with Crippen LogP contribution >= 0.6 is 15.9 Å². The zero-order valence-electron chi connectivity index (χ0n) is 12.4. The predicted octanol–water partition coefficient (Wildman–Crippen LogP) is 4.06. The lowest BCUT2D eigenvalue weighted by Gasteiger charge is -2.18. The molecule has 3 nitrogen and oxygen atoms in total. The first-order valence-corrected chi connectivity index (χ1v) is 7.96. The highest BCUT2D eigenvalue weighted by Crippen LogP contribution is 2.26. The Kier molecular flexibility index (Phi) is 5.38. The largest absolute Gasteiger partial charge is 0.306 e. The molecule has 1 unspecified atom stereocenters. The van der Waals surface area contributed by atoms with Gasteiger partial charge in [-0.05, 0) is 44.0 Å². The summed E-state index contributed by atoms with van der Waals surface area (Å²) in [5.74, 6) is 0. The number of halogens is 1. The Morgan fingerprint density at radius 3 is 2.70 bits per heavy atom. The SMILES string of the molecule is CCCNC(c1ccc(C)c(Br)c1)c1cnn(CC)c1. The molecule has 0 spiro atoms. The van der Waals surface area contributed by atoms with Crippen molar-refractivity contribution in [3.05, 3.63) is 51.8 Å². The fourth-order valence-corrected chi connectivity index (χ4v) is 2.60. The van der Waals surface area contributed by atoms with Gasteiger partial charge in [0.05, 0.1) is 12.2 Å². The van der Waals surface area contributed by atoms with Gasteiger partial charge >= 0.3 is 0 Å². The van der Waals surface area contributed by atoms with Crippen molar-refractivity contribution in [2.45, 2.75) is 39.8 Å². The summed E-state index contributed by atoms with van der Waals surface area (Å²) in [6, 6.07) is 6.75. The van der Waals surface area contributed by atoms with Gasteiger partial charge in [0.15, 0.2) is 0 Å². The molecule has 0 fully saturated rings. The Morgan fingerprint density at radius 2 is 2.10 bits per heavy atom. The molecule has 1 aromatic carbocycles. The molecular weight excluding hydrogens is 314 g/mol. The van der Waals surface area contributed by atoms with Crippen LogP contribution in [-0.4, -0.2) is 16.3 Å². The second-order valence-electron chi connectivity index (χ2n) is 5.03. The van der Waals surface area contributed by atoms with Crippen molar-refractivity contribution in [3.63, 3.8) is 0 Å². The van der Waals surface area contributed by atoms with E-state index in [0.29, 0.717) is 0 Å². The molecule has 0 aliphatic carbocycles. The van der Waals surface area contributed by atoms with E-state index in [1.54, 1.807) is 0 Å². The molecule has 1 aromatic heterocycles. The van der Waals surface area contributed by atoms with Gasteiger partial charge in [0.1, 0.15) is 0 Å². The number of aromatic nitrogens is 2. The number of benzene rings is 1. The van der Waals surface area contributed by atoms with Crippen LogP contribution in [0.1, 0.15) is 43.0 Å². The van der Waals surface area contributed by atoms with Crippen molar-refractivity contribution in [2.24, 2.45) is 0 Å². The minimum Gasteiger partial charge on any atom is -0.306 e. The van der Waals surface area contributed by atoms with Crippen molar-refractivity contribution in [1.29, 1.82) is 0 Å². The molecule has 0 aliphatic rings. The van der Waals surface area contributed by atoms with E-state index < -0.39 is 0 Å². The van der Waals surface area contributed by atoms with E-state index in [9.17, 15) is 0 Å². The fraction of sp³-hybridized carbons (Fsp3) is 0.438. The monoisotopic (exact) mass is 335 g/mol. The summed E-state index contributed by atoms with van der Waals surface area (Å²) >= 11 is 3.63. The Labute approximate surface area is 129 Å². The number of nitrogens with zero attached hydrogens (tertiary/aromatic N) is 2. The van der Waals surface area contributed by atoms with Gasteiger partial charge in [-0.3, -0.25) is 4.68 Å². The lowest BCUT2D eigenvalue weighted by atomic mass is 10.0. The normalized spacial score (nSPS) is 12.6. The van der Waals surface area contributed by atoms with Crippen LogP contribution in [-0.2, 0) is 6.54 Å². The molecule has 0 saturated heterocycles. The van der Waals surface area contributed by atoms with Crippen LogP contribution in [0.25, 0.3) is 0 Å². The lowest BCUT2D eigenvalue weighted by molar-refractivity contribution is 0.596. The molecule has 1 N–H and O–H groups in total. The summed E-state index contributed by atoms with van der Waals surface area (Å²) in [4.78, 5) is 0. The lowest BCUT2D eigenvalue weighted by Crippen LogP contribution is -2.23. The number of hydrogen-bond acceptors (Lipinski definition) is 2. The van der Waals surface area contributed by atoms with E-state index in [1.807, 2.05) is 10.9 Å². The van der Waals surface area contributed by atoms with Crippen LogP contribution in [0.15, 0.2) is 35.1 Å². The first-order valence-electron chi connectivity index (χ1n) is 7.17. The number of rotatable bonds is 6. The molecule has 1 atom stereocenters. The topological polar surface area (TPSA) is 29.9 Å². The number of aryl methyl sites for hydroxylation is 2. The molecule has 4 heteroatoms. The Bertz CT molecular complexity index is 563. The maximum Gasteiger partial charge on any atom is 0.0608 e. The van der Waals surface area contributed by atoms with E-state index in [2.05, 4.69) is 71.5 Å². The minimum atomic E-state index is 0.201. The van der Waals surface area contributed by atoms with Crippen molar-refractivity contribution in [3.8, 4) is 0 Å². The molecule has 2 aromatic rings. The summed E-state index contributed by atoms with van der Waals surface area (Å²) in [5, 5.41) is 8.01. The third-order valence-electron chi connectivity index (χ3n) is 3.44. The summed E-state index contributed by atoms with van der Waals surface area (Å²) < 4.78 is 3.13. The van der Waals surface area contributed by atoms with Crippen LogP contribution < -0.4 is 5.32 Å². The van der Waals surface area contributed by atoms with Crippen LogP contribution in [0.4, 0.5) is 0 Å². The van der Waals surface area contributed by atoms with Crippen molar-refractivity contribution in [2.75, 3.05) is 6.54 Å². The quantitative estimate of drug-likeness (QED) is 0.862. The molecule has 0 amide bonds. The highest BCUT2D eigenvalue weighted by atomic mass is 79.9. The standard InChI is InChI=1S/C16H22BrN3/c1-4-8-18-16(14-10-19-20(5-2)11-14)13-7-6-12(3)15(17)9-13/h6-7,9-11,16,18H,4-5,8H2,1-3H3. The molecule has 108 valence electrons. The third kappa shape index (κ3) is 3.49. The van der Waals surface area contributed by atoms with Crippen LogP contribution in [0.2, 0.25) is 0 Å². The summed E-state index contributed by atoms with van der Waals surface area (Å²) in [6.45, 7) is 8.29. The summed E-state index contributed by atoms with van der Waals surface area (Å²) in [5.41, 5.74) is 3.75. The Morgan fingerprint density at radius 1 is 1.30 bits per heavy atom. The molecule has 0 aliphatic heterocycles. The molecule has 20 heavy (non-hydrogen) atoms. The molecule has 0 bridgehead atoms. The van der Waals surface area contributed by atoms with Gasteiger partial charge in [-0.25, -0.2) is 0 Å². The average molecular weight is 336 g/mol. The smallest absolute Gasteiger partial charge is 0.0608 e. The number of hydrogen-bond donors (Lipinski definition) is 1. The summed E-state index contributed by atoms with van der Waals surface area (Å²) in [7, 11) is 0. The first kappa shape index (κ1) is 15.3. The van der Waals surface area contributed by atoms with Gasteiger partial charge in [-0.2, -0.15) is 5.10 Å². The van der Waals surface area contributed by atoms with E-state index in [4.69, 9.17) is 0 Å². The van der Waals surface area contributed by atoms with Crippen LogP contribution in [0.3, 0.4) is 0 Å². The van der Waals surface area contributed by atoms with Gasteiger partial charge in [0.25, 0.3) is 0 Å². The average Bonchev–Trinajstić information content (AvgIpc) is 2.92. The van der Waals surface area contributed by atoms with Gasteiger partial charge < -0.3 is 5.32 Å². The van der Waals surface area contributed by atoms with Gasteiger partial charge in [-0.1, -0.05) is 35.0 Å². The fourth-order valence-electron chi connectivity index (χ4n) is 2.21. The Balaban J connectivity index is 2.32. The maximum atomic E-state index is 4.39. The second kappa shape index (κ2) is 7.04. The Hall–Kier alpha value is -1.13. The van der Waals surface area contributed by atoms with E-state index in [-0.39, 0.29) is 6.04 Å². The van der Waals surface area contributed by atoms with Gasteiger partial charge in [0, 0.05) is 22.8 Å².